The molecule has 0 spiro atoms. The molecule has 0 bridgehead atoms. The number of aromatic nitrogens is 1. The Morgan fingerprint density at radius 2 is 2.13 bits per heavy atom. The van der Waals surface area contributed by atoms with Gasteiger partial charge in [-0.3, -0.25) is 19.5 Å². The number of hydrogen-bond donors (Lipinski definition) is 3. The molecule has 2 amide bonds. The zero-order chi connectivity index (χ0) is 21.9. The van der Waals surface area contributed by atoms with Crippen LogP contribution in [-0.2, 0) is 24.2 Å². The summed E-state index contributed by atoms with van der Waals surface area (Å²) in [6.07, 6.45) is 5.55. The fourth-order valence-corrected chi connectivity index (χ4v) is 5.09. The average Bonchev–Trinajstić information content (AvgIpc) is 2.70. The zero-order valence-electron chi connectivity index (χ0n) is 15.8. The molecule has 1 atom stereocenters. The molecular formula is C19H20N4O6S. The molecular weight excluding hydrogens is 412 g/mol. The highest BCUT2D eigenvalue weighted by molar-refractivity contribution is 7.92. The number of pyridine rings is 1. The SMILES string of the molecule is NCCCNC(=O)/C=C/C1=C(C(=O)O)N2C(=O)/C(=C\c3ccccn3)[C@H]2S(=O)(=O)C1. The minimum absolute atomic E-state index is 0.0463. The topological polar surface area (TPSA) is 160 Å². The van der Waals surface area contributed by atoms with Crippen LogP contribution in [0.2, 0.25) is 0 Å². The summed E-state index contributed by atoms with van der Waals surface area (Å²) in [6, 6.07) is 4.95. The highest BCUT2D eigenvalue weighted by atomic mass is 32.2. The van der Waals surface area contributed by atoms with E-state index in [1.165, 1.54) is 12.3 Å². The molecule has 0 aliphatic carbocycles. The minimum Gasteiger partial charge on any atom is -0.477 e. The van der Waals surface area contributed by atoms with E-state index in [4.69, 9.17) is 5.73 Å². The highest BCUT2D eigenvalue weighted by Gasteiger charge is 2.56. The van der Waals surface area contributed by atoms with Crippen LogP contribution in [0.5, 0.6) is 0 Å². The third kappa shape index (κ3) is 4.16. The predicted octanol–water partition coefficient (Wildman–Crippen LogP) is -0.578. The van der Waals surface area contributed by atoms with Crippen LogP contribution in [-0.4, -0.2) is 65.4 Å². The van der Waals surface area contributed by atoms with E-state index in [1.54, 1.807) is 18.2 Å². The summed E-state index contributed by atoms with van der Waals surface area (Å²) < 4.78 is 25.6. The van der Waals surface area contributed by atoms with Crippen LogP contribution >= 0.6 is 0 Å². The lowest BCUT2D eigenvalue weighted by Gasteiger charge is -2.45. The number of nitrogens with zero attached hydrogens (tertiary/aromatic N) is 2. The molecule has 2 aliphatic rings. The number of nitrogens with two attached hydrogens (primary N) is 1. The van der Waals surface area contributed by atoms with Gasteiger partial charge < -0.3 is 16.2 Å². The van der Waals surface area contributed by atoms with Crippen LogP contribution < -0.4 is 11.1 Å². The first-order valence-electron chi connectivity index (χ1n) is 9.06. The number of aliphatic carboxylic acids is 1. The largest absolute Gasteiger partial charge is 0.477 e. The second-order valence-electron chi connectivity index (χ2n) is 6.63. The highest BCUT2D eigenvalue weighted by Crippen LogP contribution is 2.41. The molecule has 158 valence electrons. The van der Waals surface area contributed by atoms with Gasteiger partial charge in [-0.15, -0.1) is 0 Å². The summed E-state index contributed by atoms with van der Waals surface area (Å²) in [5.41, 5.74) is 5.08. The van der Waals surface area contributed by atoms with E-state index in [-0.39, 0.29) is 11.1 Å². The van der Waals surface area contributed by atoms with Gasteiger partial charge >= 0.3 is 5.97 Å². The number of carbonyl (C=O) groups is 3. The van der Waals surface area contributed by atoms with Crippen molar-refractivity contribution >= 4 is 33.7 Å². The number of rotatable bonds is 7. The lowest BCUT2D eigenvalue weighted by Crippen LogP contribution is -2.62. The zero-order valence-corrected chi connectivity index (χ0v) is 16.6. The van der Waals surface area contributed by atoms with Gasteiger partial charge in [0.2, 0.25) is 5.91 Å². The number of fused-ring (bicyclic) bond motifs is 1. The number of hydrogen-bond acceptors (Lipinski definition) is 7. The van der Waals surface area contributed by atoms with Crippen molar-refractivity contribution in [3.05, 3.63) is 59.1 Å². The summed E-state index contributed by atoms with van der Waals surface area (Å²) >= 11 is 0. The lowest BCUT2D eigenvalue weighted by molar-refractivity contribution is -0.141. The number of sulfone groups is 1. The van der Waals surface area contributed by atoms with Gasteiger partial charge in [0, 0.05) is 18.8 Å². The third-order valence-electron chi connectivity index (χ3n) is 4.52. The van der Waals surface area contributed by atoms with E-state index in [0.29, 0.717) is 25.2 Å². The molecule has 10 nitrogen and oxygen atoms in total. The van der Waals surface area contributed by atoms with E-state index in [0.717, 1.165) is 17.1 Å². The molecule has 30 heavy (non-hydrogen) atoms. The molecule has 2 aliphatic heterocycles. The van der Waals surface area contributed by atoms with E-state index in [2.05, 4.69) is 10.3 Å². The molecule has 3 heterocycles. The van der Waals surface area contributed by atoms with Crippen molar-refractivity contribution in [2.75, 3.05) is 18.8 Å². The quantitative estimate of drug-likeness (QED) is 0.293. The summed E-state index contributed by atoms with van der Waals surface area (Å²) in [6.45, 7) is 0.723. The van der Waals surface area contributed by atoms with E-state index >= 15 is 0 Å². The van der Waals surface area contributed by atoms with Crippen molar-refractivity contribution in [1.82, 2.24) is 15.2 Å². The molecule has 0 aromatic carbocycles. The Morgan fingerprint density at radius 3 is 2.77 bits per heavy atom. The normalized spacial score (nSPS) is 21.5. The maximum atomic E-state index is 12.8. The minimum atomic E-state index is -3.92. The first-order valence-corrected chi connectivity index (χ1v) is 10.8. The lowest BCUT2D eigenvalue weighted by atomic mass is 10.0. The summed E-state index contributed by atoms with van der Waals surface area (Å²) in [5, 5.41) is 10.8. The number of β-lactam (4-membered cyclic amide) rings is 1. The Hall–Kier alpha value is -3.31. The number of amides is 2. The summed E-state index contributed by atoms with van der Waals surface area (Å²) in [4.78, 5) is 41.0. The standard InChI is InChI=1S/C19H20N4O6S/c20-7-3-9-22-15(24)6-5-12-11-30(28,29)18-14(10-13-4-1-2-8-21-13)17(25)23(18)16(12)19(26)27/h1-2,4-6,8,10,18H,3,7,9,11,20H2,(H,22,24)(H,26,27)/b6-5+,14-10+/t18-/m1/s1. The number of nitrogens with one attached hydrogen (secondary N) is 1. The maximum Gasteiger partial charge on any atom is 0.352 e. The van der Waals surface area contributed by atoms with Crippen LogP contribution in [0.3, 0.4) is 0 Å². The Labute approximate surface area is 172 Å². The average molecular weight is 432 g/mol. The Balaban J connectivity index is 1.94. The third-order valence-corrected chi connectivity index (χ3v) is 6.38. The number of carboxylic acid groups (broad SMARTS) is 1. The van der Waals surface area contributed by atoms with Crippen LogP contribution in [0, 0.1) is 0 Å². The van der Waals surface area contributed by atoms with Gasteiger partial charge in [0.05, 0.1) is 17.0 Å². The molecule has 0 saturated carbocycles. The first kappa shape index (κ1) is 21.4. The smallest absolute Gasteiger partial charge is 0.352 e. The van der Waals surface area contributed by atoms with Gasteiger partial charge in [-0.05, 0) is 36.7 Å². The molecule has 1 saturated heterocycles. The van der Waals surface area contributed by atoms with Crippen LogP contribution in [0.25, 0.3) is 6.08 Å². The van der Waals surface area contributed by atoms with Crippen LogP contribution in [0.15, 0.2) is 53.4 Å². The van der Waals surface area contributed by atoms with Crippen molar-refractivity contribution in [3.63, 3.8) is 0 Å². The van der Waals surface area contributed by atoms with Gasteiger partial charge in [0.15, 0.2) is 15.2 Å². The number of carboxylic acids is 1. The Morgan fingerprint density at radius 1 is 1.37 bits per heavy atom. The van der Waals surface area contributed by atoms with Gasteiger partial charge in [-0.1, -0.05) is 12.1 Å². The molecule has 0 radical (unpaired) electrons. The van der Waals surface area contributed by atoms with Gasteiger partial charge in [0.25, 0.3) is 5.91 Å². The fraction of sp³-hybridized carbons (Fsp3) is 0.263. The van der Waals surface area contributed by atoms with Gasteiger partial charge in [-0.2, -0.15) is 0 Å². The molecule has 4 N–H and O–H groups in total. The van der Waals surface area contributed by atoms with Crippen molar-refractivity contribution in [1.29, 1.82) is 0 Å². The van der Waals surface area contributed by atoms with Crippen molar-refractivity contribution < 1.29 is 27.9 Å². The number of carbonyl (C=O) groups excluding carboxylic acids is 2. The molecule has 0 unspecified atom stereocenters. The Kier molecular flexibility index (Phi) is 6.13. The maximum absolute atomic E-state index is 12.8. The van der Waals surface area contributed by atoms with E-state index < -0.39 is 44.4 Å². The monoisotopic (exact) mass is 432 g/mol. The Bertz CT molecular complexity index is 1080. The fourth-order valence-electron chi connectivity index (χ4n) is 3.19. The van der Waals surface area contributed by atoms with Gasteiger partial charge in [0.1, 0.15) is 5.70 Å². The molecule has 1 aromatic rings. The molecule has 11 heteroatoms. The van der Waals surface area contributed by atoms with Gasteiger partial charge in [-0.25, -0.2) is 13.2 Å². The molecule has 1 aromatic heterocycles. The van der Waals surface area contributed by atoms with Crippen molar-refractivity contribution in [3.8, 4) is 0 Å². The van der Waals surface area contributed by atoms with Crippen LogP contribution in [0.1, 0.15) is 12.1 Å². The summed E-state index contributed by atoms with van der Waals surface area (Å²) in [5.74, 6) is -3.33. The van der Waals surface area contributed by atoms with E-state index in [9.17, 15) is 27.9 Å². The predicted molar refractivity (Wildman–Crippen MR) is 107 cm³/mol. The molecule has 1 fully saturated rings. The van der Waals surface area contributed by atoms with Crippen LogP contribution in [0.4, 0.5) is 0 Å². The summed E-state index contributed by atoms with van der Waals surface area (Å²) in [7, 11) is -3.92. The van der Waals surface area contributed by atoms with E-state index in [1.807, 2.05) is 0 Å². The van der Waals surface area contributed by atoms with Crippen molar-refractivity contribution in [2.24, 2.45) is 5.73 Å². The molecule has 3 rings (SSSR count). The van der Waals surface area contributed by atoms with Crippen molar-refractivity contribution in [2.45, 2.75) is 11.8 Å². The first-order chi connectivity index (χ1) is 14.3. The number of allylic oxidation sites excluding steroid dienone is 1. The second-order valence-corrected chi connectivity index (χ2v) is 8.70. The second kappa shape index (κ2) is 8.59.